The first-order valence-electron chi connectivity index (χ1n) is 14.0. The molecule has 1 rings (SSSR count). The van der Waals surface area contributed by atoms with E-state index in [2.05, 4.69) is 6.92 Å². The van der Waals surface area contributed by atoms with Gasteiger partial charge in [0.15, 0.2) is 0 Å². The highest BCUT2D eigenvalue weighted by molar-refractivity contribution is 6.03. The van der Waals surface area contributed by atoms with Crippen LogP contribution >= 0.6 is 0 Å². The van der Waals surface area contributed by atoms with Crippen LogP contribution in [0.4, 0.5) is 0 Å². The lowest BCUT2D eigenvalue weighted by molar-refractivity contribution is 0.0427. The molecule has 0 saturated heterocycles. The summed E-state index contributed by atoms with van der Waals surface area (Å²) in [4.78, 5) is 24.7. The van der Waals surface area contributed by atoms with Gasteiger partial charge in [-0.05, 0) is 24.5 Å². The molecule has 0 radical (unpaired) electrons. The average Bonchev–Trinajstić information content (AvgIpc) is 2.84. The molecule has 0 spiro atoms. The first kappa shape index (κ1) is 30.2. The SMILES string of the molecule is CCCCCCCCCCCCCCCCCCOC(=O)c1ccccc1C(=O)OCC(C)C. The van der Waals surface area contributed by atoms with E-state index in [-0.39, 0.29) is 17.0 Å². The van der Waals surface area contributed by atoms with Crippen molar-refractivity contribution in [2.45, 2.75) is 124 Å². The van der Waals surface area contributed by atoms with Gasteiger partial charge in [0.05, 0.1) is 24.3 Å². The molecule has 1 aromatic rings. The average molecular weight is 475 g/mol. The van der Waals surface area contributed by atoms with Crippen molar-refractivity contribution in [2.24, 2.45) is 5.92 Å². The minimum absolute atomic E-state index is 0.248. The first-order chi connectivity index (χ1) is 16.6. The van der Waals surface area contributed by atoms with Crippen LogP contribution in [0.25, 0.3) is 0 Å². The predicted molar refractivity (Wildman–Crippen MR) is 141 cm³/mol. The Morgan fingerprint density at radius 3 is 1.41 bits per heavy atom. The third-order valence-electron chi connectivity index (χ3n) is 6.15. The molecule has 0 aromatic heterocycles. The number of ether oxygens (including phenoxy) is 2. The number of unbranched alkanes of at least 4 members (excludes halogenated alkanes) is 15. The molecule has 1 aromatic carbocycles. The van der Waals surface area contributed by atoms with Gasteiger partial charge in [-0.2, -0.15) is 0 Å². The summed E-state index contributed by atoms with van der Waals surface area (Å²) in [5.74, 6) is -0.667. The zero-order valence-electron chi connectivity index (χ0n) is 22.2. The smallest absolute Gasteiger partial charge is 0.339 e. The Balaban J connectivity index is 2.02. The van der Waals surface area contributed by atoms with E-state index in [4.69, 9.17) is 9.47 Å². The van der Waals surface area contributed by atoms with Gasteiger partial charge in [-0.15, -0.1) is 0 Å². The van der Waals surface area contributed by atoms with E-state index in [1.807, 2.05) is 13.8 Å². The molecule has 34 heavy (non-hydrogen) atoms. The van der Waals surface area contributed by atoms with Crippen LogP contribution in [0, 0.1) is 5.92 Å². The number of hydrogen-bond donors (Lipinski definition) is 0. The maximum atomic E-state index is 12.4. The van der Waals surface area contributed by atoms with E-state index in [0.717, 1.165) is 12.8 Å². The Morgan fingerprint density at radius 1 is 0.618 bits per heavy atom. The van der Waals surface area contributed by atoms with Crippen LogP contribution in [-0.4, -0.2) is 25.2 Å². The van der Waals surface area contributed by atoms with Gasteiger partial charge in [0.1, 0.15) is 0 Å². The molecule has 0 aliphatic carbocycles. The summed E-state index contributed by atoms with van der Waals surface area (Å²) >= 11 is 0. The topological polar surface area (TPSA) is 52.6 Å². The van der Waals surface area contributed by atoms with Crippen molar-refractivity contribution >= 4 is 11.9 Å². The molecule has 0 aliphatic heterocycles. The summed E-state index contributed by atoms with van der Waals surface area (Å²) < 4.78 is 10.7. The maximum Gasteiger partial charge on any atom is 0.339 e. The molecule has 0 unspecified atom stereocenters. The van der Waals surface area contributed by atoms with Crippen LogP contribution < -0.4 is 0 Å². The van der Waals surface area contributed by atoms with Gasteiger partial charge in [-0.25, -0.2) is 9.59 Å². The molecular weight excluding hydrogens is 424 g/mol. The largest absolute Gasteiger partial charge is 0.462 e. The molecule has 0 bridgehead atoms. The van der Waals surface area contributed by atoms with Crippen molar-refractivity contribution in [1.82, 2.24) is 0 Å². The number of rotatable bonds is 21. The van der Waals surface area contributed by atoms with Gasteiger partial charge in [0, 0.05) is 0 Å². The van der Waals surface area contributed by atoms with Crippen molar-refractivity contribution in [1.29, 1.82) is 0 Å². The van der Waals surface area contributed by atoms with Crippen molar-refractivity contribution in [3.05, 3.63) is 35.4 Å². The van der Waals surface area contributed by atoms with Gasteiger partial charge in [-0.1, -0.05) is 129 Å². The number of benzene rings is 1. The molecule has 0 heterocycles. The standard InChI is InChI=1S/C30H50O4/c1-4-5-6-7-8-9-10-11-12-13-14-15-16-17-18-21-24-33-29(31)27-22-19-20-23-28(27)30(32)34-25-26(2)3/h19-20,22-23,26H,4-18,21,24-25H2,1-3H3. The predicted octanol–water partition coefficient (Wildman–Crippen LogP) is 8.92. The van der Waals surface area contributed by atoms with E-state index >= 15 is 0 Å². The maximum absolute atomic E-state index is 12.4. The van der Waals surface area contributed by atoms with Crippen LogP contribution in [-0.2, 0) is 9.47 Å². The number of carbonyl (C=O) groups is 2. The zero-order valence-corrected chi connectivity index (χ0v) is 22.2. The molecule has 0 amide bonds. The fourth-order valence-corrected chi connectivity index (χ4v) is 4.05. The molecule has 0 N–H and O–H groups in total. The highest BCUT2D eigenvalue weighted by Gasteiger charge is 2.19. The second-order valence-corrected chi connectivity index (χ2v) is 9.98. The summed E-state index contributed by atoms with van der Waals surface area (Å²) in [5, 5.41) is 0. The van der Waals surface area contributed by atoms with Gasteiger partial charge in [0.2, 0.25) is 0 Å². The Labute approximate surface area is 209 Å². The summed E-state index contributed by atoms with van der Waals surface area (Å²) in [7, 11) is 0. The summed E-state index contributed by atoms with van der Waals surface area (Å²) in [6.45, 7) is 6.96. The fraction of sp³-hybridized carbons (Fsp3) is 0.733. The molecular formula is C30H50O4. The highest BCUT2D eigenvalue weighted by Crippen LogP contribution is 2.15. The van der Waals surface area contributed by atoms with Gasteiger partial charge < -0.3 is 9.47 Å². The van der Waals surface area contributed by atoms with Crippen LogP contribution in [0.3, 0.4) is 0 Å². The number of hydrogen-bond acceptors (Lipinski definition) is 4. The van der Waals surface area contributed by atoms with Gasteiger partial charge >= 0.3 is 11.9 Å². The van der Waals surface area contributed by atoms with E-state index in [9.17, 15) is 9.59 Å². The van der Waals surface area contributed by atoms with Crippen LogP contribution in [0.15, 0.2) is 24.3 Å². The van der Waals surface area contributed by atoms with Crippen LogP contribution in [0.2, 0.25) is 0 Å². The second-order valence-electron chi connectivity index (χ2n) is 9.98. The van der Waals surface area contributed by atoms with E-state index in [1.165, 1.54) is 89.9 Å². The lowest BCUT2D eigenvalue weighted by Gasteiger charge is -2.11. The summed E-state index contributed by atoms with van der Waals surface area (Å²) in [6, 6.07) is 6.72. The first-order valence-corrected chi connectivity index (χ1v) is 14.0. The quantitative estimate of drug-likeness (QED) is 0.132. The zero-order chi connectivity index (χ0) is 24.9. The molecule has 4 nitrogen and oxygen atoms in total. The number of esters is 2. The molecule has 0 fully saturated rings. The van der Waals surface area contributed by atoms with Crippen LogP contribution in [0.5, 0.6) is 0 Å². The summed E-state index contributed by atoms with van der Waals surface area (Å²) in [6.07, 6.45) is 21.0. The number of carbonyl (C=O) groups excluding carboxylic acids is 2. The molecule has 0 atom stereocenters. The van der Waals surface area contributed by atoms with Crippen molar-refractivity contribution in [3.63, 3.8) is 0 Å². The van der Waals surface area contributed by atoms with Crippen LogP contribution in [0.1, 0.15) is 144 Å². The second kappa shape index (κ2) is 20.5. The molecule has 194 valence electrons. The Bertz CT molecular complexity index is 653. The lowest BCUT2D eigenvalue weighted by Crippen LogP contribution is -2.16. The van der Waals surface area contributed by atoms with Gasteiger partial charge in [-0.3, -0.25) is 0 Å². The Hall–Kier alpha value is -1.84. The van der Waals surface area contributed by atoms with Crippen molar-refractivity contribution in [3.8, 4) is 0 Å². The van der Waals surface area contributed by atoms with E-state index in [1.54, 1.807) is 24.3 Å². The van der Waals surface area contributed by atoms with E-state index < -0.39 is 11.9 Å². The van der Waals surface area contributed by atoms with Crippen molar-refractivity contribution < 1.29 is 19.1 Å². The fourth-order valence-electron chi connectivity index (χ4n) is 4.05. The molecule has 0 saturated carbocycles. The molecule has 0 aliphatic rings. The minimum atomic E-state index is -0.469. The monoisotopic (exact) mass is 474 g/mol. The Morgan fingerprint density at radius 2 is 1.00 bits per heavy atom. The third-order valence-corrected chi connectivity index (χ3v) is 6.15. The van der Waals surface area contributed by atoms with Gasteiger partial charge in [0.25, 0.3) is 0 Å². The van der Waals surface area contributed by atoms with Crippen molar-refractivity contribution in [2.75, 3.05) is 13.2 Å². The normalized spacial score (nSPS) is 11.1. The van der Waals surface area contributed by atoms with E-state index in [0.29, 0.717) is 13.2 Å². The Kier molecular flexibility index (Phi) is 18.2. The third kappa shape index (κ3) is 15.1. The summed E-state index contributed by atoms with van der Waals surface area (Å²) in [5.41, 5.74) is 0.563. The molecule has 4 heteroatoms. The lowest BCUT2D eigenvalue weighted by atomic mass is 10.0. The highest BCUT2D eigenvalue weighted by atomic mass is 16.5. The minimum Gasteiger partial charge on any atom is -0.462 e.